The lowest BCUT2D eigenvalue weighted by Crippen LogP contribution is -2.48. The van der Waals surface area contributed by atoms with Gasteiger partial charge in [-0.1, -0.05) is 13.8 Å². The fourth-order valence-electron chi connectivity index (χ4n) is 4.23. The highest BCUT2D eigenvalue weighted by Gasteiger charge is 2.36. The monoisotopic (exact) mass is 395 g/mol. The van der Waals surface area contributed by atoms with Crippen molar-refractivity contribution in [2.75, 3.05) is 16.9 Å². The second-order valence-electron chi connectivity index (χ2n) is 8.34. The number of aryl methyl sites for hydroxylation is 1. The molecule has 1 aliphatic rings. The number of hydrogen-bond acceptors (Lipinski definition) is 6. The maximum Gasteiger partial charge on any atom is 0.313 e. The van der Waals surface area contributed by atoms with Gasteiger partial charge in [-0.3, -0.25) is 15.5 Å². The molecule has 1 N–H and O–H groups in total. The van der Waals surface area contributed by atoms with Gasteiger partial charge >= 0.3 is 5.69 Å². The number of fused-ring (bicyclic) bond motifs is 1. The van der Waals surface area contributed by atoms with E-state index in [0.29, 0.717) is 5.92 Å². The van der Waals surface area contributed by atoms with E-state index >= 15 is 0 Å². The molecule has 1 aromatic heterocycles. The minimum atomic E-state index is -0.471. The van der Waals surface area contributed by atoms with Gasteiger partial charge in [-0.2, -0.15) is 5.10 Å². The molecule has 1 aliphatic heterocycles. The molecule has 29 heavy (non-hydrogen) atoms. The molecule has 1 aromatic carbocycles. The van der Waals surface area contributed by atoms with Gasteiger partial charge in [0.2, 0.25) is 5.82 Å². The molecule has 0 amide bonds. The van der Waals surface area contributed by atoms with Crippen LogP contribution in [0.3, 0.4) is 0 Å². The predicted molar refractivity (Wildman–Crippen MR) is 118 cm³/mol. The molecule has 0 aliphatic carbocycles. The molecule has 0 bridgehead atoms. The molecular weight excluding hydrogens is 366 g/mol. The van der Waals surface area contributed by atoms with Crippen LogP contribution in [0.4, 0.5) is 17.2 Å². The van der Waals surface area contributed by atoms with Gasteiger partial charge in [0.25, 0.3) is 0 Å². The number of hydrazone groups is 1. The molecule has 7 heteroatoms. The SMILES string of the molecule is CCCN1c2cc(C)c(/C=N\Nc3ncccc3[N+](=O)[O-])cc2C(C)CC1(C)C. The molecule has 1 atom stereocenters. The summed E-state index contributed by atoms with van der Waals surface area (Å²) in [6.45, 7) is 12.2. The van der Waals surface area contributed by atoms with Crippen LogP contribution >= 0.6 is 0 Å². The first kappa shape index (κ1) is 20.8. The Morgan fingerprint density at radius 1 is 1.45 bits per heavy atom. The van der Waals surface area contributed by atoms with Crippen LogP contribution in [0.25, 0.3) is 0 Å². The fourth-order valence-corrected chi connectivity index (χ4v) is 4.23. The first-order chi connectivity index (χ1) is 13.7. The summed E-state index contributed by atoms with van der Waals surface area (Å²) >= 11 is 0. The molecule has 2 aromatic rings. The summed E-state index contributed by atoms with van der Waals surface area (Å²) in [4.78, 5) is 17.2. The van der Waals surface area contributed by atoms with Gasteiger partial charge in [0, 0.05) is 30.0 Å². The fraction of sp³-hybridized carbons (Fsp3) is 0.455. The van der Waals surface area contributed by atoms with E-state index in [1.807, 2.05) is 0 Å². The van der Waals surface area contributed by atoms with Crippen LogP contribution < -0.4 is 10.3 Å². The Morgan fingerprint density at radius 2 is 2.21 bits per heavy atom. The van der Waals surface area contributed by atoms with E-state index in [1.165, 1.54) is 29.6 Å². The van der Waals surface area contributed by atoms with Gasteiger partial charge in [0.15, 0.2) is 0 Å². The lowest BCUT2D eigenvalue weighted by molar-refractivity contribution is -0.384. The first-order valence-corrected chi connectivity index (χ1v) is 10.0. The molecule has 7 nitrogen and oxygen atoms in total. The third-order valence-electron chi connectivity index (χ3n) is 5.58. The third-order valence-corrected chi connectivity index (χ3v) is 5.58. The molecule has 154 valence electrons. The molecule has 0 saturated carbocycles. The smallest absolute Gasteiger partial charge is 0.313 e. The number of anilines is 2. The van der Waals surface area contributed by atoms with Crippen molar-refractivity contribution in [2.45, 2.75) is 58.9 Å². The molecule has 0 spiro atoms. The van der Waals surface area contributed by atoms with E-state index in [-0.39, 0.29) is 17.0 Å². The normalized spacial score (nSPS) is 18.0. The summed E-state index contributed by atoms with van der Waals surface area (Å²) in [5.41, 5.74) is 7.49. The molecule has 2 heterocycles. The van der Waals surface area contributed by atoms with E-state index in [9.17, 15) is 10.1 Å². The van der Waals surface area contributed by atoms with Gasteiger partial charge in [-0.15, -0.1) is 0 Å². The Kier molecular flexibility index (Phi) is 5.86. The zero-order valence-corrected chi connectivity index (χ0v) is 17.8. The van der Waals surface area contributed by atoms with Crippen LogP contribution in [-0.2, 0) is 0 Å². The minimum absolute atomic E-state index is 0.0992. The van der Waals surface area contributed by atoms with E-state index in [4.69, 9.17) is 0 Å². The quantitative estimate of drug-likeness (QED) is 0.410. The average Bonchev–Trinajstić information content (AvgIpc) is 2.66. The number of hydrogen-bond donors (Lipinski definition) is 1. The number of rotatable bonds is 6. The number of benzene rings is 1. The second kappa shape index (κ2) is 8.19. The van der Waals surface area contributed by atoms with E-state index < -0.39 is 4.92 Å². The molecule has 0 fully saturated rings. The van der Waals surface area contributed by atoms with Crippen LogP contribution in [0.1, 0.15) is 63.1 Å². The van der Waals surface area contributed by atoms with Crippen LogP contribution in [0.5, 0.6) is 0 Å². The first-order valence-electron chi connectivity index (χ1n) is 10.0. The topological polar surface area (TPSA) is 83.7 Å². The summed E-state index contributed by atoms with van der Waals surface area (Å²) in [5, 5.41) is 15.3. The highest BCUT2D eigenvalue weighted by atomic mass is 16.6. The average molecular weight is 396 g/mol. The Bertz CT molecular complexity index is 939. The Balaban J connectivity index is 1.90. The van der Waals surface area contributed by atoms with Crippen molar-refractivity contribution in [1.82, 2.24) is 4.98 Å². The van der Waals surface area contributed by atoms with Crippen molar-refractivity contribution in [2.24, 2.45) is 5.10 Å². The summed E-state index contributed by atoms with van der Waals surface area (Å²) < 4.78 is 0. The highest BCUT2D eigenvalue weighted by molar-refractivity contribution is 5.84. The van der Waals surface area contributed by atoms with E-state index in [0.717, 1.165) is 30.5 Å². The molecular formula is C22H29N5O2. The van der Waals surface area contributed by atoms with Crippen molar-refractivity contribution in [3.63, 3.8) is 0 Å². The summed E-state index contributed by atoms with van der Waals surface area (Å²) in [6.07, 6.45) is 5.41. The van der Waals surface area contributed by atoms with E-state index in [1.54, 1.807) is 6.21 Å². The molecule has 0 saturated heterocycles. The molecule has 3 rings (SSSR count). The third kappa shape index (κ3) is 4.23. The number of pyridine rings is 1. The lowest BCUT2D eigenvalue weighted by Gasteiger charge is -2.48. The standard InChI is InChI=1S/C22H29N5O2/c1-6-10-26-20-11-15(2)17(12-18(20)16(3)13-22(26,4)5)14-24-25-21-19(27(28)29)8-7-9-23-21/h7-9,11-12,14,16H,6,10,13H2,1-5H3,(H,23,25)/b24-14-. The summed E-state index contributed by atoms with van der Waals surface area (Å²) in [5.74, 6) is 0.583. The lowest BCUT2D eigenvalue weighted by atomic mass is 9.79. The zero-order valence-electron chi connectivity index (χ0n) is 17.8. The second-order valence-corrected chi connectivity index (χ2v) is 8.34. The Labute approximate surface area is 172 Å². The zero-order chi connectivity index (χ0) is 21.2. The van der Waals surface area contributed by atoms with Gasteiger partial charge in [0.1, 0.15) is 0 Å². The van der Waals surface area contributed by atoms with Crippen LogP contribution in [0, 0.1) is 17.0 Å². The Hall–Kier alpha value is -2.96. The highest BCUT2D eigenvalue weighted by Crippen LogP contribution is 2.44. The van der Waals surface area contributed by atoms with Crippen LogP contribution in [-0.4, -0.2) is 28.2 Å². The summed E-state index contributed by atoms with van der Waals surface area (Å²) in [7, 11) is 0. The van der Waals surface area contributed by atoms with Crippen LogP contribution in [0.2, 0.25) is 0 Å². The van der Waals surface area contributed by atoms with Crippen LogP contribution in [0.15, 0.2) is 35.6 Å². The molecule has 0 radical (unpaired) electrons. The van der Waals surface area contributed by atoms with Crippen molar-refractivity contribution in [3.05, 3.63) is 57.3 Å². The largest absolute Gasteiger partial charge is 0.366 e. The van der Waals surface area contributed by atoms with E-state index in [2.05, 4.69) is 67.2 Å². The number of aromatic nitrogens is 1. The Morgan fingerprint density at radius 3 is 2.90 bits per heavy atom. The van der Waals surface area contributed by atoms with Gasteiger partial charge < -0.3 is 4.90 Å². The number of nitrogens with one attached hydrogen (secondary N) is 1. The predicted octanol–water partition coefficient (Wildman–Crippen LogP) is 5.25. The van der Waals surface area contributed by atoms with Gasteiger partial charge in [-0.25, -0.2) is 4.98 Å². The number of nitro groups is 1. The van der Waals surface area contributed by atoms with Gasteiger partial charge in [-0.05, 0) is 74.4 Å². The number of nitrogens with zero attached hydrogens (tertiary/aromatic N) is 4. The van der Waals surface area contributed by atoms with Crippen molar-refractivity contribution < 1.29 is 4.92 Å². The molecule has 1 unspecified atom stereocenters. The van der Waals surface area contributed by atoms with Crippen molar-refractivity contribution >= 4 is 23.4 Å². The summed E-state index contributed by atoms with van der Waals surface area (Å²) in [6, 6.07) is 7.38. The van der Waals surface area contributed by atoms with Crippen molar-refractivity contribution in [1.29, 1.82) is 0 Å². The maximum atomic E-state index is 11.1. The minimum Gasteiger partial charge on any atom is -0.366 e. The van der Waals surface area contributed by atoms with Crippen molar-refractivity contribution in [3.8, 4) is 0 Å². The maximum absolute atomic E-state index is 11.1. The van der Waals surface area contributed by atoms with Gasteiger partial charge in [0.05, 0.1) is 11.1 Å².